The maximum Gasteiger partial charge on any atom is 0.222 e. The molecule has 3 heterocycles. The Morgan fingerprint density at radius 1 is 1.45 bits per heavy atom. The Balaban J connectivity index is 1.57. The lowest BCUT2D eigenvalue weighted by Gasteiger charge is -2.32. The molecular formula is C14H20N2O3S. The van der Waals surface area contributed by atoms with Crippen LogP contribution in [-0.2, 0) is 14.3 Å². The summed E-state index contributed by atoms with van der Waals surface area (Å²) < 4.78 is 10.9. The topological polar surface area (TPSA) is 51.7 Å². The number of rotatable bonds is 3. The van der Waals surface area contributed by atoms with E-state index >= 15 is 0 Å². The molecule has 0 atom stereocenters. The standard InChI is InChI=1S/C14H20N2O3S/c1-3-12(17)16-6-4-10(5-7-16)13-15-11(8-20-13)14-18-9(2)19-14/h8-10,14H,3-7H2,1-2H3. The molecule has 0 radical (unpaired) electrons. The fraction of sp³-hybridized carbons (Fsp3) is 0.714. The number of amides is 1. The molecule has 1 amide bonds. The first-order chi connectivity index (χ1) is 9.67. The van der Waals surface area contributed by atoms with E-state index in [-0.39, 0.29) is 18.5 Å². The average Bonchev–Trinajstić information content (AvgIpc) is 2.92. The number of likely N-dealkylation sites (tertiary alicyclic amines) is 1. The van der Waals surface area contributed by atoms with Crippen molar-refractivity contribution in [1.29, 1.82) is 0 Å². The Bertz CT molecular complexity index is 477. The highest BCUT2D eigenvalue weighted by Gasteiger charge is 2.32. The monoisotopic (exact) mass is 296 g/mol. The second-order valence-corrected chi connectivity index (χ2v) is 6.18. The summed E-state index contributed by atoms with van der Waals surface area (Å²) in [6.45, 7) is 5.49. The molecular weight excluding hydrogens is 276 g/mol. The Hall–Kier alpha value is -0.980. The van der Waals surface area contributed by atoms with Gasteiger partial charge in [-0.05, 0) is 19.8 Å². The maximum absolute atomic E-state index is 11.7. The number of carbonyl (C=O) groups is 1. The van der Waals surface area contributed by atoms with Crippen molar-refractivity contribution in [1.82, 2.24) is 9.88 Å². The molecule has 0 aromatic carbocycles. The SMILES string of the molecule is CCC(=O)N1CCC(c2nc(C3OC(C)O3)cs2)CC1. The lowest BCUT2D eigenvalue weighted by atomic mass is 9.97. The zero-order valence-electron chi connectivity index (χ0n) is 11.9. The maximum atomic E-state index is 11.7. The quantitative estimate of drug-likeness (QED) is 0.860. The van der Waals surface area contributed by atoms with Gasteiger partial charge in [0.05, 0.1) is 5.01 Å². The van der Waals surface area contributed by atoms with Crippen LogP contribution in [0, 0.1) is 0 Å². The average molecular weight is 296 g/mol. The number of carbonyl (C=O) groups excluding carboxylic acids is 1. The number of ether oxygens (including phenoxy) is 2. The molecule has 2 fully saturated rings. The minimum absolute atomic E-state index is 0.117. The highest BCUT2D eigenvalue weighted by atomic mass is 32.1. The molecule has 0 bridgehead atoms. The summed E-state index contributed by atoms with van der Waals surface area (Å²) >= 11 is 1.68. The molecule has 3 rings (SSSR count). The minimum Gasteiger partial charge on any atom is -0.343 e. The van der Waals surface area contributed by atoms with Crippen LogP contribution in [0.5, 0.6) is 0 Å². The summed E-state index contributed by atoms with van der Waals surface area (Å²) in [5.74, 6) is 0.723. The summed E-state index contributed by atoms with van der Waals surface area (Å²) in [7, 11) is 0. The second kappa shape index (κ2) is 5.79. The van der Waals surface area contributed by atoms with Gasteiger partial charge in [-0.25, -0.2) is 4.98 Å². The number of aromatic nitrogens is 1. The molecule has 2 aliphatic rings. The molecule has 6 heteroatoms. The largest absolute Gasteiger partial charge is 0.343 e. The molecule has 1 aromatic heterocycles. The van der Waals surface area contributed by atoms with E-state index in [1.54, 1.807) is 11.3 Å². The molecule has 0 saturated carbocycles. The third-order valence-electron chi connectivity index (χ3n) is 3.91. The zero-order valence-corrected chi connectivity index (χ0v) is 12.7. The summed E-state index contributed by atoms with van der Waals surface area (Å²) in [4.78, 5) is 18.3. The van der Waals surface area contributed by atoms with Crippen molar-refractivity contribution in [3.05, 3.63) is 16.1 Å². The number of nitrogens with zero attached hydrogens (tertiary/aromatic N) is 2. The summed E-state index contributed by atoms with van der Waals surface area (Å²) in [5.41, 5.74) is 0.884. The normalized spacial score (nSPS) is 27.4. The predicted octanol–water partition coefficient (Wildman–Crippen LogP) is 2.65. The van der Waals surface area contributed by atoms with E-state index in [0.29, 0.717) is 12.3 Å². The number of hydrogen-bond donors (Lipinski definition) is 0. The summed E-state index contributed by atoms with van der Waals surface area (Å²) in [6, 6.07) is 0. The van der Waals surface area contributed by atoms with Crippen LogP contribution >= 0.6 is 11.3 Å². The van der Waals surface area contributed by atoms with E-state index in [0.717, 1.165) is 36.6 Å². The smallest absolute Gasteiger partial charge is 0.222 e. The van der Waals surface area contributed by atoms with Crippen molar-refractivity contribution in [3.8, 4) is 0 Å². The van der Waals surface area contributed by atoms with Crippen LogP contribution < -0.4 is 0 Å². The summed E-state index contributed by atoms with van der Waals surface area (Å²) in [6.07, 6.45) is 2.20. The van der Waals surface area contributed by atoms with Crippen LogP contribution in [0.1, 0.15) is 56.0 Å². The van der Waals surface area contributed by atoms with Crippen LogP contribution in [0.2, 0.25) is 0 Å². The van der Waals surface area contributed by atoms with Crippen molar-refractivity contribution in [2.45, 2.75) is 51.6 Å². The van der Waals surface area contributed by atoms with Gasteiger partial charge >= 0.3 is 0 Å². The molecule has 0 unspecified atom stereocenters. The van der Waals surface area contributed by atoms with E-state index in [9.17, 15) is 4.79 Å². The zero-order chi connectivity index (χ0) is 14.1. The van der Waals surface area contributed by atoms with Crippen molar-refractivity contribution in [3.63, 3.8) is 0 Å². The van der Waals surface area contributed by atoms with E-state index in [1.165, 1.54) is 0 Å². The van der Waals surface area contributed by atoms with E-state index in [2.05, 4.69) is 4.98 Å². The van der Waals surface area contributed by atoms with Gasteiger partial charge < -0.3 is 14.4 Å². The highest BCUT2D eigenvalue weighted by molar-refractivity contribution is 7.09. The molecule has 0 N–H and O–H groups in total. The van der Waals surface area contributed by atoms with E-state index in [1.807, 2.05) is 24.1 Å². The van der Waals surface area contributed by atoms with Crippen molar-refractivity contribution in [2.24, 2.45) is 0 Å². The third-order valence-corrected chi connectivity index (χ3v) is 4.94. The van der Waals surface area contributed by atoms with Crippen molar-refractivity contribution < 1.29 is 14.3 Å². The molecule has 110 valence electrons. The van der Waals surface area contributed by atoms with Gasteiger partial charge in [0.15, 0.2) is 6.29 Å². The van der Waals surface area contributed by atoms with Gasteiger partial charge in [-0.3, -0.25) is 4.79 Å². The van der Waals surface area contributed by atoms with Crippen LogP contribution in [0.4, 0.5) is 0 Å². The fourth-order valence-corrected chi connectivity index (χ4v) is 3.69. The molecule has 1 aromatic rings. The molecule has 0 spiro atoms. The van der Waals surface area contributed by atoms with Gasteiger partial charge in [-0.1, -0.05) is 6.92 Å². The number of thiazole rings is 1. The first-order valence-corrected chi connectivity index (χ1v) is 8.09. The van der Waals surface area contributed by atoms with Gasteiger partial charge in [0.1, 0.15) is 5.69 Å². The lowest BCUT2D eigenvalue weighted by Crippen LogP contribution is -2.37. The van der Waals surface area contributed by atoms with Crippen LogP contribution in [-0.4, -0.2) is 35.2 Å². The van der Waals surface area contributed by atoms with E-state index < -0.39 is 0 Å². The predicted molar refractivity (Wildman–Crippen MR) is 75.3 cm³/mol. The lowest BCUT2D eigenvalue weighted by molar-refractivity contribution is -0.383. The highest BCUT2D eigenvalue weighted by Crippen LogP contribution is 2.36. The summed E-state index contributed by atoms with van der Waals surface area (Å²) in [5, 5.41) is 3.17. The molecule has 20 heavy (non-hydrogen) atoms. The van der Waals surface area contributed by atoms with Gasteiger partial charge in [0.25, 0.3) is 0 Å². The molecule has 5 nitrogen and oxygen atoms in total. The number of piperidine rings is 1. The second-order valence-electron chi connectivity index (χ2n) is 5.29. The first kappa shape index (κ1) is 14.0. The van der Waals surface area contributed by atoms with Crippen LogP contribution in [0.25, 0.3) is 0 Å². The fourth-order valence-electron chi connectivity index (χ4n) is 2.69. The molecule has 0 aliphatic carbocycles. The molecule has 2 aliphatic heterocycles. The minimum atomic E-state index is -0.281. The first-order valence-electron chi connectivity index (χ1n) is 7.21. The van der Waals surface area contributed by atoms with Crippen molar-refractivity contribution >= 4 is 17.2 Å². The number of hydrogen-bond acceptors (Lipinski definition) is 5. The van der Waals surface area contributed by atoms with Gasteiger partial charge in [0.2, 0.25) is 12.2 Å². The Kier molecular flexibility index (Phi) is 4.05. The third kappa shape index (κ3) is 2.73. The van der Waals surface area contributed by atoms with Gasteiger partial charge in [-0.15, -0.1) is 11.3 Å². The van der Waals surface area contributed by atoms with Crippen LogP contribution in [0.3, 0.4) is 0 Å². The Labute approximate surface area is 122 Å². The van der Waals surface area contributed by atoms with Crippen molar-refractivity contribution in [2.75, 3.05) is 13.1 Å². The van der Waals surface area contributed by atoms with Crippen LogP contribution in [0.15, 0.2) is 5.38 Å². The van der Waals surface area contributed by atoms with Gasteiger partial charge in [-0.2, -0.15) is 0 Å². The van der Waals surface area contributed by atoms with Gasteiger partial charge in [0, 0.05) is 30.8 Å². The van der Waals surface area contributed by atoms with E-state index in [4.69, 9.17) is 9.47 Å². The Morgan fingerprint density at radius 3 is 2.75 bits per heavy atom. The Morgan fingerprint density at radius 2 is 2.15 bits per heavy atom. The molecule has 2 saturated heterocycles.